The Labute approximate surface area is 179 Å². The Balaban J connectivity index is 1.37. The van der Waals surface area contributed by atoms with Crippen LogP contribution in [-0.2, 0) is 14.4 Å². The van der Waals surface area contributed by atoms with Crippen LogP contribution in [0.15, 0.2) is 48.7 Å². The molecular formula is C22H22N4O5. The van der Waals surface area contributed by atoms with Crippen LogP contribution in [0, 0.1) is 0 Å². The summed E-state index contributed by atoms with van der Waals surface area (Å²) in [6, 6.07) is 12.4. The average molecular weight is 422 g/mol. The first-order valence-corrected chi connectivity index (χ1v) is 10.1. The van der Waals surface area contributed by atoms with Gasteiger partial charge in [0, 0.05) is 45.2 Å². The Kier molecular flexibility index (Phi) is 5.92. The fraction of sp³-hybridized carbons (Fsp3) is 0.318. The van der Waals surface area contributed by atoms with Gasteiger partial charge in [0.15, 0.2) is 0 Å². The van der Waals surface area contributed by atoms with Gasteiger partial charge in [-0.25, -0.2) is 4.98 Å². The largest absolute Gasteiger partial charge is 0.438 e. The predicted molar refractivity (Wildman–Crippen MR) is 109 cm³/mol. The third-order valence-electron chi connectivity index (χ3n) is 5.33. The smallest absolute Gasteiger partial charge is 0.259 e. The molecule has 1 aromatic heterocycles. The molecule has 31 heavy (non-hydrogen) atoms. The van der Waals surface area contributed by atoms with Crippen molar-refractivity contribution < 1.29 is 23.9 Å². The molecular weight excluding hydrogens is 400 g/mol. The molecule has 1 aromatic carbocycles. The fourth-order valence-corrected chi connectivity index (χ4v) is 3.60. The van der Waals surface area contributed by atoms with Gasteiger partial charge in [-0.15, -0.1) is 0 Å². The molecule has 0 spiro atoms. The number of carbonyl (C=O) groups excluding carboxylic acids is 4. The zero-order valence-corrected chi connectivity index (χ0v) is 16.9. The van der Waals surface area contributed by atoms with Crippen LogP contribution in [0.3, 0.4) is 0 Å². The number of pyridine rings is 1. The molecule has 0 atom stereocenters. The van der Waals surface area contributed by atoms with Crippen LogP contribution in [0.5, 0.6) is 11.6 Å². The second kappa shape index (κ2) is 8.95. The first-order valence-electron chi connectivity index (χ1n) is 10.1. The Morgan fingerprint density at radius 1 is 0.871 bits per heavy atom. The summed E-state index contributed by atoms with van der Waals surface area (Å²) >= 11 is 0. The topological polar surface area (TPSA) is 100 Å². The zero-order valence-electron chi connectivity index (χ0n) is 16.9. The van der Waals surface area contributed by atoms with Gasteiger partial charge < -0.3 is 14.5 Å². The number of amides is 4. The Morgan fingerprint density at radius 3 is 2.19 bits per heavy atom. The van der Waals surface area contributed by atoms with Crippen LogP contribution < -0.4 is 4.74 Å². The molecule has 2 aliphatic heterocycles. The second-order valence-electron chi connectivity index (χ2n) is 7.32. The molecule has 0 saturated carbocycles. The summed E-state index contributed by atoms with van der Waals surface area (Å²) in [5.41, 5.74) is 0.347. The average Bonchev–Trinajstić information content (AvgIpc) is 3.12. The number of carbonyl (C=O) groups is 4. The number of imide groups is 1. The van der Waals surface area contributed by atoms with E-state index in [9.17, 15) is 19.2 Å². The maximum absolute atomic E-state index is 13.1. The van der Waals surface area contributed by atoms with E-state index in [-0.39, 0.29) is 48.9 Å². The number of hydrogen-bond donors (Lipinski definition) is 0. The molecule has 9 heteroatoms. The van der Waals surface area contributed by atoms with Gasteiger partial charge in [0.25, 0.3) is 5.91 Å². The molecule has 0 radical (unpaired) electrons. The highest BCUT2D eigenvalue weighted by Gasteiger charge is 2.33. The molecule has 3 heterocycles. The lowest BCUT2D eigenvalue weighted by molar-refractivity contribution is -0.146. The molecule has 0 N–H and O–H groups in total. The van der Waals surface area contributed by atoms with Crippen LogP contribution in [0.2, 0.25) is 0 Å². The summed E-state index contributed by atoms with van der Waals surface area (Å²) in [5, 5.41) is 0. The number of benzene rings is 1. The maximum Gasteiger partial charge on any atom is 0.259 e. The minimum atomic E-state index is -0.310. The van der Waals surface area contributed by atoms with E-state index in [1.165, 1.54) is 0 Å². The lowest BCUT2D eigenvalue weighted by atomic mass is 10.2. The standard InChI is InChI=1S/C22H22N4O5/c27-18-8-9-19(28)26(18)15-20(29)24-11-13-25(14-12-24)22(30)17-7-4-10-23-21(17)31-16-5-2-1-3-6-16/h1-7,10H,8-9,11-15H2. The highest BCUT2D eigenvalue weighted by Crippen LogP contribution is 2.24. The normalized spacial score (nSPS) is 16.6. The van der Waals surface area contributed by atoms with Gasteiger partial charge >= 0.3 is 0 Å². The number of likely N-dealkylation sites (tertiary alicyclic amines) is 1. The van der Waals surface area contributed by atoms with E-state index in [0.717, 1.165) is 4.90 Å². The van der Waals surface area contributed by atoms with Crippen molar-refractivity contribution in [2.24, 2.45) is 0 Å². The van der Waals surface area contributed by atoms with Gasteiger partial charge in [-0.1, -0.05) is 18.2 Å². The minimum absolute atomic E-state index is 0.160. The molecule has 4 rings (SSSR count). The summed E-state index contributed by atoms with van der Waals surface area (Å²) < 4.78 is 5.78. The number of hydrogen-bond acceptors (Lipinski definition) is 6. The van der Waals surface area contributed by atoms with Gasteiger partial charge in [-0.3, -0.25) is 24.1 Å². The van der Waals surface area contributed by atoms with Crippen molar-refractivity contribution >= 4 is 23.6 Å². The van der Waals surface area contributed by atoms with Gasteiger partial charge in [-0.2, -0.15) is 0 Å². The van der Waals surface area contributed by atoms with Crippen LogP contribution in [-0.4, -0.2) is 76.0 Å². The van der Waals surface area contributed by atoms with Crippen LogP contribution in [0.25, 0.3) is 0 Å². The number of ether oxygens (including phenoxy) is 1. The first-order chi connectivity index (χ1) is 15.0. The Bertz CT molecular complexity index is 986. The molecule has 160 valence electrons. The molecule has 2 fully saturated rings. The molecule has 0 aliphatic carbocycles. The van der Waals surface area contributed by atoms with Gasteiger partial charge in [0.1, 0.15) is 17.9 Å². The summed E-state index contributed by atoms with van der Waals surface area (Å²) in [6.45, 7) is 1.10. The molecule has 4 amide bonds. The number of nitrogens with zero attached hydrogens (tertiary/aromatic N) is 4. The molecule has 0 bridgehead atoms. The quantitative estimate of drug-likeness (QED) is 0.674. The monoisotopic (exact) mass is 422 g/mol. The number of aromatic nitrogens is 1. The summed E-state index contributed by atoms with van der Waals surface area (Å²) in [7, 11) is 0. The third-order valence-corrected chi connectivity index (χ3v) is 5.33. The van der Waals surface area contributed by atoms with E-state index < -0.39 is 0 Å². The number of piperazine rings is 1. The van der Waals surface area contributed by atoms with Gasteiger partial charge in [0.2, 0.25) is 23.6 Å². The highest BCUT2D eigenvalue weighted by molar-refractivity contribution is 6.04. The first kappa shape index (κ1) is 20.5. The number of para-hydroxylation sites is 1. The summed E-state index contributed by atoms with van der Waals surface area (Å²) in [5.74, 6) is -0.328. The second-order valence-corrected chi connectivity index (χ2v) is 7.32. The van der Waals surface area contributed by atoms with E-state index in [1.54, 1.807) is 40.3 Å². The van der Waals surface area contributed by atoms with Gasteiger partial charge in [0.05, 0.1) is 0 Å². The maximum atomic E-state index is 13.1. The van der Waals surface area contributed by atoms with Crippen molar-refractivity contribution in [1.29, 1.82) is 0 Å². The third kappa shape index (κ3) is 4.55. The SMILES string of the molecule is O=C(CN1C(=O)CCC1=O)N1CCN(C(=O)c2cccnc2Oc2ccccc2)CC1. The van der Waals surface area contributed by atoms with Gasteiger partial charge in [-0.05, 0) is 24.3 Å². The summed E-state index contributed by atoms with van der Waals surface area (Å²) in [4.78, 5) is 57.4. The minimum Gasteiger partial charge on any atom is -0.438 e. The van der Waals surface area contributed by atoms with Crippen LogP contribution in [0.1, 0.15) is 23.2 Å². The van der Waals surface area contributed by atoms with Crippen molar-refractivity contribution in [1.82, 2.24) is 19.7 Å². The van der Waals surface area contributed by atoms with Crippen molar-refractivity contribution in [3.05, 3.63) is 54.2 Å². The van der Waals surface area contributed by atoms with Crippen molar-refractivity contribution in [2.45, 2.75) is 12.8 Å². The van der Waals surface area contributed by atoms with Crippen LogP contribution >= 0.6 is 0 Å². The van der Waals surface area contributed by atoms with Crippen molar-refractivity contribution in [3.63, 3.8) is 0 Å². The highest BCUT2D eigenvalue weighted by atomic mass is 16.5. The number of rotatable bonds is 5. The fourth-order valence-electron chi connectivity index (χ4n) is 3.60. The molecule has 2 aromatic rings. The lowest BCUT2D eigenvalue weighted by Gasteiger charge is -2.35. The zero-order chi connectivity index (χ0) is 21.8. The molecule has 9 nitrogen and oxygen atoms in total. The molecule has 2 saturated heterocycles. The predicted octanol–water partition coefficient (Wildman–Crippen LogP) is 1.31. The van der Waals surface area contributed by atoms with E-state index in [0.29, 0.717) is 37.5 Å². The molecule has 2 aliphatic rings. The Morgan fingerprint density at radius 2 is 1.52 bits per heavy atom. The van der Waals surface area contributed by atoms with E-state index in [4.69, 9.17) is 4.74 Å². The van der Waals surface area contributed by atoms with Crippen LogP contribution in [0.4, 0.5) is 0 Å². The summed E-state index contributed by atoms with van der Waals surface area (Å²) in [6.07, 6.45) is 1.88. The van der Waals surface area contributed by atoms with Crippen molar-refractivity contribution in [2.75, 3.05) is 32.7 Å². The van der Waals surface area contributed by atoms with E-state index in [1.807, 2.05) is 18.2 Å². The Hall–Kier alpha value is -3.75. The van der Waals surface area contributed by atoms with Crippen molar-refractivity contribution in [3.8, 4) is 11.6 Å². The lowest BCUT2D eigenvalue weighted by Crippen LogP contribution is -2.53. The van der Waals surface area contributed by atoms with E-state index in [2.05, 4.69) is 4.98 Å². The van der Waals surface area contributed by atoms with E-state index >= 15 is 0 Å². The molecule has 0 unspecified atom stereocenters.